The van der Waals surface area contributed by atoms with Gasteiger partial charge >= 0.3 is 0 Å². The number of aryl methyl sites for hydroxylation is 1. The molecule has 2 radical (unpaired) electrons. The van der Waals surface area contributed by atoms with E-state index in [0.29, 0.717) is 18.5 Å². The van der Waals surface area contributed by atoms with Crippen molar-refractivity contribution < 1.29 is 17.2 Å². The zero-order chi connectivity index (χ0) is 26.2. The fourth-order valence-electron chi connectivity index (χ4n) is 3.46. The third-order valence-electron chi connectivity index (χ3n) is 5.35. The van der Waals surface area contributed by atoms with Crippen LogP contribution in [0.3, 0.4) is 0 Å². The lowest BCUT2D eigenvalue weighted by molar-refractivity contribution is -0.122. The minimum atomic E-state index is -0.488. The van der Waals surface area contributed by atoms with Crippen LogP contribution in [0.2, 0.25) is 0 Å². The molecule has 2 N–H and O–H groups in total. The highest BCUT2D eigenvalue weighted by atomic mass is 16.2. The molecule has 1 heterocycles. The van der Waals surface area contributed by atoms with E-state index in [9.17, 15) is 14.4 Å². The molecule has 1 aliphatic carbocycles. The Kier molecular flexibility index (Phi) is 14.3. The highest BCUT2D eigenvalue weighted by Crippen LogP contribution is 2.19. The summed E-state index contributed by atoms with van der Waals surface area (Å²) in [5.41, 5.74) is 6.64. The summed E-state index contributed by atoms with van der Waals surface area (Å²) in [6.45, 7) is 14.1. The molecule has 194 valence electrons. The van der Waals surface area contributed by atoms with Crippen molar-refractivity contribution in [3.63, 3.8) is 0 Å². The van der Waals surface area contributed by atoms with E-state index >= 15 is 0 Å². The SMILES string of the molecule is CC.[CH2]C1=CCCC(=O)C=C1.[CH2]CCCNC(=O)C1NN(C)C=C1CC(=O)c1cccc(CC)c1.[HH].[HH]. The minimum Gasteiger partial charge on any atom is -0.354 e. The van der Waals surface area contributed by atoms with E-state index < -0.39 is 6.04 Å². The molecule has 1 aliphatic heterocycles. The van der Waals surface area contributed by atoms with E-state index in [2.05, 4.69) is 31.5 Å². The molecular weight excluding hydrogens is 438 g/mol. The molecule has 1 unspecified atom stereocenters. The number of benzene rings is 1. The van der Waals surface area contributed by atoms with Crippen molar-refractivity contribution in [2.75, 3.05) is 13.6 Å². The van der Waals surface area contributed by atoms with Crippen molar-refractivity contribution in [3.05, 3.63) is 84.8 Å². The van der Waals surface area contributed by atoms with Gasteiger partial charge in [0, 0.05) is 41.1 Å². The number of hydrogen-bond donors (Lipinski definition) is 2. The van der Waals surface area contributed by atoms with E-state index in [1.165, 1.54) is 0 Å². The van der Waals surface area contributed by atoms with Gasteiger partial charge in [0.2, 0.25) is 5.91 Å². The third kappa shape index (κ3) is 10.9. The average molecular weight is 484 g/mol. The van der Waals surface area contributed by atoms with Crippen LogP contribution in [0.1, 0.15) is 71.7 Å². The Balaban J connectivity index is 0. The Morgan fingerprint density at radius 2 is 2.00 bits per heavy atom. The van der Waals surface area contributed by atoms with E-state index in [1.54, 1.807) is 17.2 Å². The molecule has 0 aromatic heterocycles. The molecule has 6 heteroatoms. The van der Waals surface area contributed by atoms with Crippen LogP contribution in [0, 0.1) is 13.8 Å². The first-order chi connectivity index (χ1) is 16.8. The second-order valence-corrected chi connectivity index (χ2v) is 8.15. The third-order valence-corrected chi connectivity index (χ3v) is 5.35. The number of hydrazine groups is 1. The van der Waals surface area contributed by atoms with Gasteiger partial charge in [0.1, 0.15) is 6.04 Å². The van der Waals surface area contributed by atoms with Crippen molar-refractivity contribution in [2.45, 2.75) is 65.3 Å². The van der Waals surface area contributed by atoms with Crippen molar-refractivity contribution in [1.29, 1.82) is 0 Å². The number of carbonyl (C=O) groups excluding carboxylic acids is 3. The van der Waals surface area contributed by atoms with Gasteiger partial charge < -0.3 is 10.3 Å². The van der Waals surface area contributed by atoms with Crippen LogP contribution in [0.15, 0.2) is 59.8 Å². The molecule has 1 amide bonds. The Morgan fingerprint density at radius 1 is 1.26 bits per heavy atom. The van der Waals surface area contributed by atoms with Crippen LogP contribution in [0.4, 0.5) is 0 Å². The molecule has 1 aromatic carbocycles. The minimum absolute atomic E-state index is 0. The quantitative estimate of drug-likeness (QED) is 0.380. The normalized spacial score (nSPS) is 16.7. The molecular formula is C29H45N3O3. The van der Waals surface area contributed by atoms with Crippen molar-refractivity contribution in [1.82, 2.24) is 15.8 Å². The molecule has 3 rings (SSSR count). The van der Waals surface area contributed by atoms with Gasteiger partial charge in [-0.15, -0.1) is 0 Å². The largest absolute Gasteiger partial charge is 0.354 e. The molecule has 0 fully saturated rings. The summed E-state index contributed by atoms with van der Waals surface area (Å²) in [4.78, 5) is 35.6. The lowest BCUT2D eigenvalue weighted by Gasteiger charge is -2.17. The number of unbranched alkanes of at least 4 members (excludes halogenated alkanes) is 1. The first-order valence-electron chi connectivity index (χ1n) is 12.5. The molecule has 0 saturated carbocycles. The highest BCUT2D eigenvalue weighted by molar-refractivity contribution is 5.99. The number of nitrogens with zero attached hydrogens (tertiary/aromatic N) is 1. The summed E-state index contributed by atoms with van der Waals surface area (Å²) in [6, 6.07) is 7.19. The summed E-state index contributed by atoms with van der Waals surface area (Å²) in [7, 11) is 1.82. The predicted molar refractivity (Wildman–Crippen MR) is 148 cm³/mol. The van der Waals surface area contributed by atoms with Crippen LogP contribution < -0.4 is 10.7 Å². The summed E-state index contributed by atoms with van der Waals surface area (Å²) < 4.78 is 0. The maximum absolute atomic E-state index is 12.6. The van der Waals surface area contributed by atoms with Gasteiger partial charge in [-0.25, -0.2) is 5.43 Å². The van der Waals surface area contributed by atoms with Gasteiger partial charge in [0.15, 0.2) is 11.6 Å². The van der Waals surface area contributed by atoms with Gasteiger partial charge in [-0.3, -0.25) is 14.4 Å². The lowest BCUT2D eigenvalue weighted by atomic mass is 9.97. The molecule has 1 atom stereocenters. The number of ketones is 2. The number of amides is 1. The van der Waals surface area contributed by atoms with Crippen molar-refractivity contribution >= 4 is 17.5 Å². The maximum atomic E-state index is 12.6. The zero-order valence-electron chi connectivity index (χ0n) is 21.7. The van der Waals surface area contributed by atoms with E-state index in [4.69, 9.17) is 0 Å². The molecule has 6 nitrogen and oxygen atoms in total. The number of rotatable bonds is 8. The van der Waals surface area contributed by atoms with Crippen LogP contribution in [0.25, 0.3) is 0 Å². The standard InChI is InChI=1S/C19H26N3O2.C8H9O.C2H6.2H2/c1-4-6-10-20-19(24)18-16(13-22(3)21-18)12-17(23)15-9-7-8-14(5-2)11-15;1-7-3-2-4-8(9)6-5-7;1-2;;/h7-9,11,13,18,21H,1,4-6,10,12H2,2-3H3,(H,20,24);3,5-6H,1-2,4H2;1-2H3;2*1H. The smallest absolute Gasteiger partial charge is 0.243 e. The van der Waals surface area contributed by atoms with Gasteiger partial charge in [0.25, 0.3) is 0 Å². The fraction of sp³-hybridized carbons (Fsp3) is 0.414. The Hall–Kier alpha value is -2.99. The number of allylic oxidation sites excluding steroid dienone is 4. The van der Waals surface area contributed by atoms with E-state index in [0.717, 1.165) is 42.4 Å². The van der Waals surface area contributed by atoms with E-state index in [1.807, 2.05) is 57.4 Å². The number of nitrogens with one attached hydrogen (secondary N) is 2. The summed E-state index contributed by atoms with van der Waals surface area (Å²) >= 11 is 0. The molecule has 2 aliphatic rings. The average Bonchev–Trinajstić information content (AvgIpc) is 3.13. The molecule has 0 bridgehead atoms. The fourth-order valence-corrected chi connectivity index (χ4v) is 3.46. The molecule has 0 spiro atoms. The van der Waals surface area contributed by atoms with E-state index in [-0.39, 0.29) is 26.7 Å². The summed E-state index contributed by atoms with van der Waals surface area (Å²) in [5.74, 6) is 0.128. The van der Waals surface area contributed by atoms with Crippen molar-refractivity contribution in [3.8, 4) is 0 Å². The van der Waals surface area contributed by atoms with Crippen LogP contribution in [-0.2, 0) is 16.0 Å². The predicted octanol–water partition coefficient (Wildman–Crippen LogP) is 5.44. The second-order valence-electron chi connectivity index (χ2n) is 8.15. The number of Topliss-reactive ketones (excluding diaryl/α,β-unsaturated/α-hetero) is 1. The Labute approximate surface area is 214 Å². The second kappa shape index (κ2) is 16.6. The van der Waals surface area contributed by atoms with Gasteiger partial charge in [-0.05, 0) is 49.5 Å². The van der Waals surface area contributed by atoms with Crippen LogP contribution in [-0.4, -0.2) is 42.1 Å². The van der Waals surface area contributed by atoms with Crippen LogP contribution in [0.5, 0.6) is 0 Å². The Bertz CT molecular complexity index is 942. The maximum Gasteiger partial charge on any atom is 0.243 e. The Morgan fingerprint density at radius 3 is 2.69 bits per heavy atom. The van der Waals surface area contributed by atoms with Crippen molar-refractivity contribution in [2.24, 2.45) is 0 Å². The van der Waals surface area contributed by atoms with Gasteiger partial charge in [0.05, 0.1) is 0 Å². The number of carbonyl (C=O) groups is 3. The van der Waals surface area contributed by atoms with Gasteiger partial charge in [-0.2, -0.15) is 0 Å². The summed E-state index contributed by atoms with van der Waals surface area (Å²) in [6.07, 6.45) is 11.4. The van der Waals surface area contributed by atoms with Crippen LogP contribution >= 0.6 is 0 Å². The molecule has 0 saturated heterocycles. The zero-order valence-corrected chi connectivity index (χ0v) is 21.7. The summed E-state index contributed by atoms with van der Waals surface area (Å²) in [5, 5.41) is 4.62. The monoisotopic (exact) mass is 483 g/mol. The molecule has 35 heavy (non-hydrogen) atoms. The highest BCUT2D eigenvalue weighted by Gasteiger charge is 2.30. The van der Waals surface area contributed by atoms with Gasteiger partial charge in [-0.1, -0.05) is 70.0 Å². The topological polar surface area (TPSA) is 78.5 Å². The first kappa shape index (κ1) is 30.0. The number of hydrogen-bond acceptors (Lipinski definition) is 5. The first-order valence-corrected chi connectivity index (χ1v) is 12.5. The molecule has 1 aromatic rings. The lowest BCUT2D eigenvalue weighted by Crippen LogP contribution is -2.46.